The molecule has 0 spiro atoms. The Bertz CT molecular complexity index is 764. The summed E-state index contributed by atoms with van der Waals surface area (Å²) in [7, 11) is 1.59. The summed E-state index contributed by atoms with van der Waals surface area (Å²) in [4.78, 5) is 0. The molecule has 0 unspecified atom stereocenters. The molecule has 3 rings (SSSR count). The molecule has 26 heavy (non-hydrogen) atoms. The Morgan fingerprint density at radius 1 is 1.04 bits per heavy atom. The van der Waals surface area contributed by atoms with Crippen LogP contribution in [0.3, 0.4) is 0 Å². The van der Waals surface area contributed by atoms with E-state index in [1.165, 1.54) is 37.8 Å². The zero-order valence-corrected chi connectivity index (χ0v) is 16.2. The van der Waals surface area contributed by atoms with E-state index in [9.17, 15) is 4.39 Å². The highest BCUT2D eigenvalue weighted by Gasteiger charge is 2.16. The predicted octanol–water partition coefficient (Wildman–Crippen LogP) is 5.75. The number of hydrogen-bond acceptors (Lipinski definition) is 3. The van der Waals surface area contributed by atoms with Crippen LogP contribution in [-0.2, 0) is 13.2 Å². The zero-order valence-electron chi connectivity index (χ0n) is 14.7. The van der Waals surface area contributed by atoms with Crippen molar-refractivity contribution in [2.24, 2.45) is 0 Å². The van der Waals surface area contributed by atoms with Crippen molar-refractivity contribution in [3.63, 3.8) is 0 Å². The maximum Gasteiger partial charge on any atom is 0.163 e. The SMILES string of the molecule is COc1cc(CNC2CCCC2)c(Cl)cc1OCc1ccc(F)cc1Cl. The first-order valence-electron chi connectivity index (χ1n) is 8.73. The molecule has 0 atom stereocenters. The van der Waals surface area contributed by atoms with E-state index in [1.54, 1.807) is 19.2 Å². The number of nitrogens with one attached hydrogen (secondary N) is 1. The Hall–Kier alpha value is -1.49. The molecule has 3 nitrogen and oxygen atoms in total. The molecule has 0 aliphatic heterocycles. The van der Waals surface area contributed by atoms with Crippen molar-refractivity contribution in [1.29, 1.82) is 0 Å². The second kappa shape index (κ2) is 8.94. The Labute approximate surface area is 163 Å². The molecular formula is C20H22Cl2FNO2. The first-order chi connectivity index (χ1) is 12.6. The molecule has 0 aromatic heterocycles. The summed E-state index contributed by atoms with van der Waals surface area (Å²) in [5.74, 6) is 0.761. The minimum atomic E-state index is -0.376. The lowest BCUT2D eigenvalue weighted by molar-refractivity contribution is 0.284. The van der Waals surface area contributed by atoms with E-state index in [4.69, 9.17) is 32.7 Å². The van der Waals surface area contributed by atoms with Gasteiger partial charge in [-0.1, -0.05) is 42.1 Å². The topological polar surface area (TPSA) is 30.5 Å². The van der Waals surface area contributed by atoms with Crippen LogP contribution in [0.4, 0.5) is 4.39 Å². The molecule has 0 amide bonds. The van der Waals surface area contributed by atoms with E-state index in [1.807, 2.05) is 6.07 Å². The fraction of sp³-hybridized carbons (Fsp3) is 0.400. The maximum atomic E-state index is 13.1. The smallest absolute Gasteiger partial charge is 0.163 e. The molecule has 6 heteroatoms. The highest BCUT2D eigenvalue weighted by molar-refractivity contribution is 6.31. The molecule has 1 saturated carbocycles. The van der Waals surface area contributed by atoms with E-state index >= 15 is 0 Å². The van der Waals surface area contributed by atoms with Gasteiger partial charge in [-0.3, -0.25) is 0 Å². The minimum absolute atomic E-state index is 0.200. The van der Waals surface area contributed by atoms with Crippen molar-refractivity contribution >= 4 is 23.2 Å². The van der Waals surface area contributed by atoms with Gasteiger partial charge in [0.15, 0.2) is 11.5 Å². The second-order valence-corrected chi connectivity index (χ2v) is 7.30. The van der Waals surface area contributed by atoms with Crippen molar-refractivity contribution in [2.45, 2.75) is 44.9 Å². The van der Waals surface area contributed by atoms with Gasteiger partial charge in [0.05, 0.1) is 12.1 Å². The molecule has 2 aromatic rings. The monoisotopic (exact) mass is 397 g/mol. The lowest BCUT2D eigenvalue weighted by atomic mass is 10.1. The highest BCUT2D eigenvalue weighted by Crippen LogP contribution is 2.34. The molecular weight excluding hydrogens is 376 g/mol. The molecule has 0 heterocycles. The van der Waals surface area contributed by atoms with Crippen LogP contribution in [0.25, 0.3) is 0 Å². The Morgan fingerprint density at radius 3 is 2.46 bits per heavy atom. The minimum Gasteiger partial charge on any atom is -0.493 e. The molecule has 1 aliphatic rings. The first kappa shape index (κ1) is 19.3. The summed E-state index contributed by atoms with van der Waals surface area (Å²) in [6, 6.07) is 8.43. The number of methoxy groups -OCH3 is 1. The van der Waals surface area contributed by atoms with Crippen molar-refractivity contribution in [2.75, 3.05) is 7.11 Å². The largest absolute Gasteiger partial charge is 0.493 e. The van der Waals surface area contributed by atoms with Gasteiger partial charge in [-0.05, 0) is 36.6 Å². The number of rotatable bonds is 7. The number of halogens is 3. The van der Waals surface area contributed by atoms with Gasteiger partial charge < -0.3 is 14.8 Å². The van der Waals surface area contributed by atoms with E-state index in [0.29, 0.717) is 39.7 Å². The van der Waals surface area contributed by atoms with E-state index in [0.717, 1.165) is 5.56 Å². The van der Waals surface area contributed by atoms with E-state index < -0.39 is 0 Å². The normalized spacial score (nSPS) is 14.6. The van der Waals surface area contributed by atoms with Crippen LogP contribution in [0.15, 0.2) is 30.3 Å². The van der Waals surface area contributed by atoms with Crippen LogP contribution in [0.5, 0.6) is 11.5 Å². The van der Waals surface area contributed by atoms with Gasteiger partial charge in [-0.25, -0.2) is 4.39 Å². The highest BCUT2D eigenvalue weighted by atomic mass is 35.5. The summed E-state index contributed by atoms with van der Waals surface area (Å²) in [6.07, 6.45) is 5.00. The third-order valence-corrected chi connectivity index (χ3v) is 5.37. The van der Waals surface area contributed by atoms with Crippen molar-refractivity contribution in [3.05, 3.63) is 57.3 Å². The summed E-state index contributed by atoms with van der Waals surface area (Å²) in [5.41, 5.74) is 1.67. The standard InChI is InChI=1S/C20H22Cl2FNO2/c1-25-19-8-14(11-24-16-4-2-3-5-16)18(22)10-20(19)26-12-13-6-7-15(23)9-17(13)21/h6-10,16,24H,2-5,11-12H2,1H3. The molecule has 1 aliphatic carbocycles. The van der Waals surface area contributed by atoms with Gasteiger partial charge >= 0.3 is 0 Å². The molecule has 0 radical (unpaired) electrons. The number of ether oxygens (including phenoxy) is 2. The quantitative estimate of drug-likeness (QED) is 0.644. The summed E-state index contributed by atoms with van der Waals surface area (Å²) in [5, 5.41) is 4.49. The lowest BCUT2D eigenvalue weighted by Crippen LogP contribution is -2.25. The van der Waals surface area contributed by atoms with Crippen LogP contribution in [0.1, 0.15) is 36.8 Å². The summed E-state index contributed by atoms with van der Waals surface area (Å²) < 4.78 is 24.4. The van der Waals surface area contributed by atoms with E-state index in [-0.39, 0.29) is 12.4 Å². The van der Waals surface area contributed by atoms with Gasteiger partial charge in [-0.15, -0.1) is 0 Å². The Morgan fingerprint density at radius 2 is 1.77 bits per heavy atom. The average molecular weight is 398 g/mol. The Kier molecular flexibility index (Phi) is 6.63. The number of hydrogen-bond donors (Lipinski definition) is 1. The molecule has 1 fully saturated rings. The number of benzene rings is 2. The lowest BCUT2D eigenvalue weighted by Gasteiger charge is -2.16. The van der Waals surface area contributed by atoms with Crippen LogP contribution in [0.2, 0.25) is 10.0 Å². The van der Waals surface area contributed by atoms with Gasteiger partial charge in [0.2, 0.25) is 0 Å². The van der Waals surface area contributed by atoms with Crippen LogP contribution in [-0.4, -0.2) is 13.2 Å². The molecule has 2 aromatic carbocycles. The van der Waals surface area contributed by atoms with Gasteiger partial charge in [-0.2, -0.15) is 0 Å². The van der Waals surface area contributed by atoms with Crippen LogP contribution in [0, 0.1) is 5.82 Å². The van der Waals surface area contributed by atoms with Crippen molar-refractivity contribution < 1.29 is 13.9 Å². The second-order valence-electron chi connectivity index (χ2n) is 6.48. The average Bonchev–Trinajstić information content (AvgIpc) is 3.13. The predicted molar refractivity (Wildman–Crippen MR) is 103 cm³/mol. The van der Waals surface area contributed by atoms with Crippen LogP contribution >= 0.6 is 23.2 Å². The van der Waals surface area contributed by atoms with Gasteiger partial charge in [0.25, 0.3) is 0 Å². The molecule has 0 bridgehead atoms. The molecule has 1 N–H and O–H groups in total. The van der Waals surface area contributed by atoms with Gasteiger partial charge in [0, 0.05) is 29.2 Å². The third kappa shape index (κ3) is 4.81. The van der Waals surface area contributed by atoms with Gasteiger partial charge in [0.1, 0.15) is 12.4 Å². The van der Waals surface area contributed by atoms with E-state index in [2.05, 4.69) is 5.32 Å². The fourth-order valence-corrected chi connectivity index (χ4v) is 3.61. The zero-order chi connectivity index (χ0) is 18.5. The van der Waals surface area contributed by atoms with Crippen molar-refractivity contribution in [1.82, 2.24) is 5.32 Å². The third-order valence-electron chi connectivity index (χ3n) is 4.67. The fourth-order valence-electron chi connectivity index (χ4n) is 3.16. The summed E-state index contributed by atoms with van der Waals surface area (Å²) in [6.45, 7) is 0.898. The summed E-state index contributed by atoms with van der Waals surface area (Å²) >= 11 is 12.5. The van der Waals surface area contributed by atoms with Crippen LogP contribution < -0.4 is 14.8 Å². The maximum absolute atomic E-state index is 13.1. The van der Waals surface area contributed by atoms with Crippen molar-refractivity contribution in [3.8, 4) is 11.5 Å². The first-order valence-corrected chi connectivity index (χ1v) is 9.49. The molecule has 140 valence electrons. The molecule has 0 saturated heterocycles. The Balaban J connectivity index is 1.69.